The zero-order valence-electron chi connectivity index (χ0n) is 10.5. The van der Waals surface area contributed by atoms with Crippen LogP contribution in [0.1, 0.15) is 11.1 Å². The van der Waals surface area contributed by atoms with Crippen LogP contribution >= 0.6 is 31.9 Å². The fourth-order valence-corrected chi connectivity index (χ4v) is 3.74. The fourth-order valence-electron chi connectivity index (χ4n) is 1.55. The maximum atomic E-state index is 12.1. The summed E-state index contributed by atoms with van der Waals surface area (Å²) in [5, 5.41) is 0. The molecule has 0 amide bonds. The van der Waals surface area contributed by atoms with E-state index in [1.807, 2.05) is 13.0 Å². The number of rotatable bonds is 3. The van der Waals surface area contributed by atoms with Crippen LogP contribution in [-0.4, -0.2) is 14.6 Å². The van der Waals surface area contributed by atoms with Crippen LogP contribution in [0.3, 0.4) is 0 Å². The quantitative estimate of drug-likeness (QED) is 0.699. The molecular weight excluding hydrogens is 406 g/mol. The summed E-state index contributed by atoms with van der Waals surface area (Å²) in [4.78, 5) is 0.188. The van der Waals surface area contributed by atoms with Gasteiger partial charge >= 0.3 is 0 Å². The zero-order valence-corrected chi connectivity index (χ0v) is 14.5. The third-order valence-corrected chi connectivity index (χ3v) is 4.71. The summed E-state index contributed by atoms with van der Waals surface area (Å²) in [5.74, 6) is 0. The first kappa shape index (κ1) is 15.4. The van der Waals surface area contributed by atoms with Gasteiger partial charge < -0.3 is 0 Å². The Kier molecular flexibility index (Phi) is 4.78. The third kappa shape index (κ3) is 4.01. The second kappa shape index (κ2) is 6.20. The summed E-state index contributed by atoms with van der Waals surface area (Å²) in [5.41, 5.74) is 1.70. The molecule has 2 aromatic carbocycles. The van der Waals surface area contributed by atoms with E-state index in [0.717, 1.165) is 14.5 Å². The van der Waals surface area contributed by atoms with Gasteiger partial charge in [-0.1, -0.05) is 49.6 Å². The normalized spacial score (nSPS) is 11.9. The molecule has 2 aromatic rings. The lowest BCUT2D eigenvalue weighted by Gasteiger charge is -2.00. The summed E-state index contributed by atoms with van der Waals surface area (Å²) < 4.78 is 29.5. The van der Waals surface area contributed by atoms with Gasteiger partial charge in [-0.3, -0.25) is 0 Å². The van der Waals surface area contributed by atoms with E-state index in [1.54, 1.807) is 36.4 Å². The molecule has 0 radical (unpaired) electrons. The van der Waals surface area contributed by atoms with Gasteiger partial charge in [0.15, 0.2) is 0 Å². The summed E-state index contributed by atoms with van der Waals surface area (Å²) in [6.07, 6.45) is 1.34. The lowest BCUT2D eigenvalue weighted by molar-refractivity contribution is 0.598. The molecule has 3 nitrogen and oxygen atoms in total. The molecule has 0 atom stereocenters. The molecule has 0 aromatic heterocycles. The highest BCUT2D eigenvalue weighted by Crippen LogP contribution is 2.20. The number of aryl methyl sites for hydroxylation is 1. The van der Waals surface area contributed by atoms with Crippen LogP contribution in [0.2, 0.25) is 0 Å². The zero-order chi connectivity index (χ0) is 14.8. The Morgan fingerprint density at radius 3 is 2.10 bits per heavy atom. The van der Waals surface area contributed by atoms with Crippen molar-refractivity contribution in [1.29, 1.82) is 0 Å². The van der Waals surface area contributed by atoms with Gasteiger partial charge in [-0.25, -0.2) is 0 Å². The van der Waals surface area contributed by atoms with Gasteiger partial charge in [0.05, 0.1) is 4.90 Å². The molecule has 0 fully saturated rings. The third-order valence-electron chi connectivity index (χ3n) is 2.54. The molecule has 0 saturated heterocycles. The Balaban J connectivity index is 2.32. The molecule has 0 aliphatic carbocycles. The smallest absolute Gasteiger partial charge is 0.199 e. The monoisotopic (exact) mass is 415 g/mol. The van der Waals surface area contributed by atoms with Gasteiger partial charge in [-0.05, 0) is 42.8 Å². The Bertz CT molecular complexity index is 733. The second-order valence-electron chi connectivity index (χ2n) is 4.23. The molecule has 104 valence electrons. The predicted molar refractivity (Wildman–Crippen MR) is 87.8 cm³/mol. The van der Waals surface area contributed by atoms with Gasteiger partial charge in [0, 0.05) is 15.2 Å². The Morgan fingerprint density at radius 2 is 1.55 bits per heavy atom. The van der Waals surface area contributed by atoms with E-state index in [-0.39, 0.29) is 4.90 Å². The van der Waals surface area contributed by atoms with Crippen LogP contribution in [0.4, 0.5) is 0 Å². The molecule has 0 unspecified atom stereocenters. The molecule has 6 heteroatoms. The highest BCUT2D eigenvalue weighted by Gasteiger charge is 2.10. The van der Waals surface area contributed by atoms with Gasteiger partial charge in [0.2, 0.25) is 0 Å². The summed E-state index contributed by atoms with van der Waals surface area (Å²) in [7, 11) is -3.66. The molecule has 0 heterocycles. The van der Waals surface area contributed by atoms with Gasteiger partial charge in [-0.15, -0.1) is 0 Å². The first-order chi connectivity index (χ1) is 9.37. The molecule has 0 aliphatic heterocycles. The number of hydrogen-bond acceptors (Lipinski definition) is 2. The minimum absolute atomic E-state index is 0.188. The van der Waals surface area contributed by atoms with E-state index in [4.69, 9.17) is 0 Å². The molecule has 0 bridgehead atoms. The van der Waals surface area contributed by atoms with E-state index >= 15 is 0 Å². The van der Waals surface area contributed by atoms with E-state index in [0.29, 0.717) is 5.56 Å². The molecule has 2 rings (SSSR count). The lowest BCUT2D eigenvalue weighted by Crippen LogP contribution is -1.97. The van der Waals surface area contributed by atoms with Crippen molar-refractivity contribution in [2.24, 2.45) is 4.40 Å². The van der Waals surface area contributed by atoms with E-state index < -0.39 is 10.0 Å². The standard InChI is InChI=1S/C14H11Br2NO2S/c1-10-2-4-14(5-3-10)20(18,19)17-9-11-6-12(15)8-13(16)7-11/h2-9H,1H3/b17-9+. The minimum atomic E-state index is -3.66. The van der Waals surface area contributed by atoms with Gasteiger partial charge in [0.1, 0.15) is 0 Å². The summed E-state index contributed by atoms with van der Waals surface area (Å²) >= 11 is 6.69. The average molecular weight is 417 g/mol. The Morgan fingerprint density at radius 1 is 1.00 bits per heavy atom. The van der Waals surface area contributed by atoms with Crippen molar-refractivity contribution in [2.45, 2.75) is 11.8 Å². The fraction of sp³-hybridized carbons (Fsp3) is 0.0714. The summed E-state index contributed by atoms with van der Waals surface area (Å²) in [6, 6.07) is 12.1. The minimum Gasteiger partial charge on any atom is -0.199 e. The molecule has 0 N–H and O–H groups in total. The summed E-state index contributed by atoms with van der Waals surface area (Å²) in [6.45, 7) is 1.90. The van der Waals surface area contributed by atoms with Gasteiger partial charge in [0.25, 0.3) is 10.0 Å². The van der Waals surface area contributed by atoms with Crippen molar-refractivity contribution >= 4 is 48.1 Å². The molecule has 0 saturated carbocycles. The maximum Gasteiger partial charge on any atom is 0.282 e. The first-order valence-corrected chi connectivity index (χ1v) is 8.72. The van der Waals surface area contributed by atoms with Crippen molar-refractivity contribution in [3.8, 4) is 0 Å². The molecule has 0 spiro atoms. The van der Waals surface area contributed by atoms with E-state index in [2.05, 4.69) is 36.3 Å². The highest BCUT2D eigenvalue weighted by atomic mass is 79.9. The van der Waals surface area contributed by atoms with Crippen LogP contribution < -0.4 is 0 Å². The molecule has 0 aliphatic rings. The Labute approximate surface area is 135 Å². The van der Waals surface area contributed by atoms with Crippen LogP contribution in [0.15, 0.2) is 60.7 Å². The predicted octanol–water partition coefficient (Wildman–Crippen LogP) is 4.33. The highest BCUT2D eigenvalue weighted by molar-refractivity contribution is 9.11. The number of hydrogen-bond donors (Lipinski definition) is 0. The van der Waals surface area contributed by atoms with Gasteiger partial charge in [-0.2, -0.15) is 12.8 Å². The van der Waals surface area contributed by atoms with Crippen molar-refractivity contribution in [3.63, 3.8) is 0 Å². The maximum absolute atomic E-state index is 12.1. The SMILES string of the molecule is Cc1ccc(S(=O)(=O)/N=C/c2cc(Br)cc(Br)c2)cc1. The first-order valence-electron chi connectivity index (χ1n) is 5.70. The van der Waals surface area contributed by atoms with E-state index in [1.165, 1.54) is 6.21 Å². The van der Waals surface area contributed by atoms with Crippen molar-refractivity contribution in [1.82, 2.24) is 0 Å². The van der Waals surface area contributed by atoms with E-state index in [9.17, 15) is 8.42 Å². The number of benzene rings is 2. The van der Waals surface area contributed by atoms with Crippen LogP contribution in [-0.2, 0) is 10.0 Å². The lowest BCUT2D eigenvalue weighted by atomic mass is 10.2. The van der Waals surface area contributed by atoms with Crippen LogP contribution in [0, 0.1) is 6.92 Å². The van der Waals surface area contributed by atoms with Crippen molar-refractivity contribution < 1.29 is 8.42 Å². The number of halogens is 2. The Hall–Kier alpha value is -0.980. The number of sulfonamides is 1. The molecular formula is C14H11Br2NO2S. The van der Waals surface area contributed by atoms with Crippen LogP contribution in [0.5, 0.6) is 0 Å². The average Bonchev–Trinajstić information content (AvgIpc) is 2.36. The van der Waals surface area contributed by atoms with Crippen molar-refractivity contribution in [2.75, 3.05) is 0 Å². The topological polar surface area (TPSA) is 46.5 Å². The largest absolute Gasteiger partial charge is 0.282 e. The molecule has 20 heavy (non-hydrogen) atoms. The van der Waals surface area contributed by atoms with Crippen LogP contribution in [0.25, 0.3) is 0 Å². The number of nitrogens with zero attached hydrogens (tertiary/aromatic N) is 1. The second-order valence-corrected chi connectivity index (χ2v) is 7.69. The van der Waals surface area contributed by atoms with Crippen molar-refractivity contribution in [3.05, 3.63) is 62.5 Å².